The van der Waals surface area contributed by atoms with E-state index in [0.29, 0.717) is 5.92 Å². The van der Waals surface area contributed by atoms with Crippen LogP contribution in [-0.2, 0) is 0 Å². The summed E-state index contributed by atoms with van der Waals surface area (Å²) in [5.74, 6) is 0.565. The first kappa shape index (κ1) is 7.32. The molecule has 1 rings (SSSR count). The van der Waals surface area contributed by atoms with E-state index in [2.05, 4.69) is 0 Å². The third-order valence-corrected chi connectivity index (χ3v) is 0.833. The summed E-state index contributed by atoms with van der Waals surface area (Å²) in [6.45, 7) is 1.28. The Morgan fingerprint density at radius 2 is 2.00 bits per heavy atom. The van der Waals surface area contributed by atoms with E-state index in [4.69, 9.17) is 5.11 Å². The largest absolute Gasteiger partial charge is 0.566 e. The fourth-order valence-corrected chi connectivity index (χ4v) is 0.245. The zero-order chi connectivity index (χ0) is 3.70. The number of rotatable bonds is 1. The van der Waals surface area contributed by atoms with Crippen LogP contribution in [0.3, 0.4) is 0 Å². The number of hydrogen-bond donors (Lipinski definition) is 1. The first-order valence-electron chi connectivity index (χ1n) is 1.91. The van der Waals surface area contributed by atoms with E-state index in [-0.39, 0.29) is 41.3 Å². The molecule has 0 aromatic rings. The monoisotopic (exact) mass is 212 g/mol. The molecule has 1 nitrogen and oxygen atoms in total. The Morgan fingerprint density at radius 1 is 1.50 bits per heavy atom. The van der Waals surface area contributed by atoms with Gasteiger partial charge in [0, 0.05) is 41.3 Å². The summed E-state index contributed by atoms with van der Waals surface area (Å²) in [5, 5.41) is 8.08. The van der Waals surface area contributed by atoms with E-state index in [1.165, 1.54) is 19.4 Å². The Labute approximate surface area is 71.1 Å². The summed E-state index contributed by atoms with van der Waals surface area (Å²) in [7, 11) is 0. The predicted molar refractivity (Wildman–Crippen MR) is 19.0 cm³/mol. The Kier molecular flexibility index (Phi) is 4.08. The zero-order valence-corrected chi connectivity index (χ0v) is 7.30. The van der Waals surface area contributed by atoms with E-state index < -0.39 is 0 Å². The van der Waals surface area contributed by atoms with Crippen LogP contribution in [0.2, 0.25) is 0 Å². The molecule has 0 unspecified atom stereocenters. The van der Waals surface area contributed by atoms with Gasteiger partial charge in [-0.1, -0.05) is 12.8 Å². The van der Waals surface area contributed by atoms with Gasteiger partial charge < -0.3 is 5.11 Å². The minimum absolute atomic E-state index is 0. The maximum absolute atomic E-state index is 8.08. The van der Waals surface area contributed by atoms with Crippen molar-refractivity contribution in [1.82, 2.24) is 0 Å². The SMILES string of the molecule is O[CH-]C1CC1.[Pr]. The van der Waals surface area contributed by atoms with Crippen molar-refractivity contribution < 1.29 is 46.4 Å². The standard InChI is InChI=1S/C4H7O.Pr/c5-3-4-1-2-4;/h3-5H,1-2H2;/q-1;. The van der Waals surface area contributed by atoms with Crippen LogP contribution < -0.4 is 0 Å². The summed E-state index contributed by atoms with van der Waals surface area (Å²) in [6, 6.07) is 0. The molecule has 0 saturated heterocycles. The van der Waals surface area contributed by atoms with Crippen molar-refractivity contribution in [3.05, 3.63) is 6.61 Å². The van der Waals surface area contributed by atoms with Crippen molar-refractivity contribution >= 4 is 0 Å². The summed E-state index contributed by atoms with van der Waals surface area (Å²) >= 11 is 0. The van der Waals surface area contributed by atoms with Gasteiger partial charge in [0.05, 0.1) is 0 Å². The predicted octanol–water partition coefficient (Wildman–Crippen LogP) is 0.931. The van der Waals surface area contributed by atoms with Gasteiger partial charge in [-0.25, -0.2) is 6.61 Å². The molecule has 0 aromatic heterocycles. The number of hydrogen-bond acceptors (Lipinski definition) is 1. The molecule has 0 aromatic carbocycles. The number of aliphatic hydroxyl groups excluding tert-OH is 1. The molecular formula is C4H7OPr-. The normalized spacial score (nSPS) is 19.5. The summed E-state index contributed by atoms with van der Waals surface area (Å²) in [6.07, 6.45) is 2.41. The van der Waals surface area contributed by atoms with E-state index in [0.717, 1.165) is 0 Å². The van der Waals surface area contributed by atoms with Crippen molar-refractivity contribution in [2.75, 3.05) is 0 Å². The van der Waals surface area contributed by atoms with E-state index in [9.17, 15) is 0 Å². The Bertz CT molecular complexity index is 34.5. The second kappa shape index (κ2) is 3.34. The molecule has 1 aliphatic carbocycles. The van der Waals surface area contributed by atoms with Crippen LogP contribution in [0.25, 0.3) is 0 Å². The van der Waals surface area contributed by atoms with Crippen molar-refractivity contribution in [3.8, 4) is 0 Å². The molecule has 33 valence electrons. The molecule has 1 N–H and O–H groups in total. The molecule has 6 heavy (non-hydrogen) atoms. The number of aliphatic hydroxyl groups is 1. The molecule has 1 radical (unpaired) electrons. The average molecular weight is 212 g/mol. The van der Waals surface area contributed by atoms with Gasteiger partial charge in [0.15, 0.2) is 0 Å². The van der Waals surface area contributed by atoms with Crippen molar-refractivity contribution in [2.45, 2.75) is 12.8 Å². The van der Waals surface area contributed by atoms with Crippen molar-refractivity contribution in [1.29, 1.82) is 0 Å². The zero-order valence-electron chi connectivity index (χ0n) is 3.59. The quantitative estimate of drug-likeness (QED) is 0.641. The fraction of sp³-hybridized carbons (Fsp3) is 0.750. The van der Waals surface area contributed by atoms with Crippen LogP contribution in [-0.4, -0.2) is 5.11 Å². The first-order chi connectivity index (χ1) is 2.43. The molecule has 0 bridgehead atoms. The topological polar surface area (TPSA) is 20.2 Å². The molecule has 0 aliphatic heterocycles. The molecule has 1 saturated carbocycles. The van der Waals surface area contributed by atoms with Gasteiger partial charge in [0.25, 0.3) is 0 Å². The summed E-state index contributed by atoms with van der Waals surface area (Å²) in [5.41, 5.74) is 0. The Hall–Kier alpha value is 1.32. The fourth-order valence-electron chi connectivity index (χ4n) is 0.245. The summed E-state index contributed by atoms with van der Waals surface area (Å²) in [4.78, 5) is 0. The van der Waals surface area contributed by atoms with Crippen LogP contribution in [0, 0.1) is 53.8 Å². The third kappa shape index (κ3) is 2.49. The molecular weight excluding hydrogens is 205 g/mol. The van der Waals surface area contributed by atoms with E-state index in [1.54, 1.807) is 0 Å². The molecule has 0 heterocycles. The van der Waals surface area contributed by atoms with Gasteiger partial charge in [0.1, 0.15) is 0 Å². The van der Waals surface area contributed by atoms with E-state index in [1.807, 2.05) is 0 Å². The van der Waals surface area contributed by atoms with Gasteiger partial charge in [0.2, 0.25) is 0 Å². The molecule has 0 atom stereocenters. The molecule has 1 aliphatic rings. The van der Waals surface area contributed by atoms with Crippen LogP contribution >= 0.6 is 0 Å². The second-order valence-corrected chi connectivity index (χ2v) is 1.49. The van der Waals surface area contributed by atoms with Crippen LogP contribution in [0.15, 0.2) is 0 Å². The molecule has 0 spiro atoms. The molecule has 2 heteroatoms. The maximum atomic E-state index is 8.08. The van der Waals surface area contributed by atoms with Gasteiger partial charge >= 0.3 is 0 Å². The summed E-state index contributed by atoms with van der Waals surface area (Å²) < 4.78 is 0. The van der Waals surface area contributed by atoms with Crippen LogP contribution in [0.4, 0.5) is 0 Å². The van der Waals surface area contributed by atoms with E-state index >= 15 is 0 Å². The first-order valence-corrected chi connectivity index (χ1v) is 1.91. The van der Waals surface area contributed by atoms with Crippen LogP contribution in [0.1, 0.15) is 12.8 Å². The molecule has 0 amide bonds. The Morgan fingerprint density at radius 3 is 2.00 bits per heavy atom. The molecule has 1 fully saturated rings. The van der Waals surface area contributed by atoms with Crippen molar-refractivity contribution in [3.63, 3.8) is 0 Å². The van der Waals surface area contributed by atoms with Gasteiger partial charge in [-0.3, -0.25) is 0 Å². The van der Waals surface area contributed by atoms with Gasteiger partial charge in [-0.2, -0.15) is 0 Å². The minimum atomic E-state index is 0. The third-order valence-electron chi connectivity index (χ3n) is 0.833. The average Bonchev–Trinajstić information content (AvgIpc) is 2.12. The Balaban J connectivity index is 0.000000250. The smallest absolute Gasteiger partial charge is 0 e. The maximum Gasteiger partial charge on any atom is 0 e. The van der Waals surface area contributed by atoms with Gasteiger partial charge in [-0.05, 0) is 0 Å². The second-order valence-electron chi connectivity index (χ2n) is 1.49. The minimum Gasteiger partial charge on any atom is -0.566 e. The van der Waals surface area contributed by atoms with Gasteiger partial charge in [-0.15, -0.1) is 5.92 Å². The van der Waals surface area contributed by atoms with Crippen LogP contribution in [0.5, 0.6) is 0 Å². The van der Waals surface area contributed by atoms with Crippen molar-refractivity contribution in [2.24, 2.45) is 5.92 Å².